The zero-order valence-electron chi connectivity index (χ0n) is 13.6. The van der Waals surface area contributed by atoms with Gasteiger partial charge in [0.15, 0.2) is 5.11 Å². The van der Waals surface area contributed by atoms with Crippen molar-refractivity contribution in [1.29, 1.82) is 0 Å². The van der Waals surface area contributed by atoms with Gasteiger partial charge in [0.1, 0.15) is 5.82 Å². The summed E-state index contributed by atoms with van der Waals surface area (Å²) >= 11 is 6.13. The van der Waals surface area contributed by atoms with Gasteiger partial charge in [0.05, 0.1) is 17.2 Å². The van der Waals surface area contributed by atoms with Gasteiger partial charge >= 0.3 is 0 Å². The minimum Gasteiger partial charge on any atom is -0.329 e. The van der Waals surface area contributed by atoms with Crippen LogP contribution in [0.15, 0.2) is 54.6 Å². The highest BCUT2D eigenvalue weighted by atomic mass is 32.2. The van der Waals surface area contributed by atoms with Crippen LogP contribution in [-0.4, -0.2) is 28.4 Å². The van der Waals surface area contributed by atoms with Gasteiger partial charge in [0, 0.05) is 5.69 Å². The zero-order chi connectivity index (χ0) is 18.8. The molecule has 2 rings (SSSR count). The van der Waals surface area contributed by atoms with Gasteiger partial charge in [-0.2, -0.15) is 0 Å². The summed E-state index contributed by atoms with van der Waals surface area (Å²) in [5.41, 5.74) is 5.76. The molecule has 0 heterocycles. The Kier molecular flexibility index (Phi) is 7.84. The van der Waals surface area contributed by atoms with E-state index < -0.39 is 5.82 Å². The first-order chi connectivity index (χ1) is 12.5. The number of thiocarbonyl (C=S) groups is 1. The number of nitrogens with one attached hydrogen (secondary N) is 4. The third kappa shape index (κ3) is 7.08. The first-order valence-electron chi connectivity index (χ1n) is 7.57. The summed E-state index contributed by atoms with van der Waals surface area (Å²) in [6.07, 6.45) is 0. The highest BCUT2D eigenvalue weighted by molar-refractivity contribution is 8.00. The maximum Gasteiger partial charge on any atom is 0.248 e. The number of hydrazine groups is 1. The van der Waals surface area contributed by atoms with Gasteiger partial charge in [0.2, 0.25) is 11.8 Å². The molecule has 0 fully saturated rings. The molecule has 0 bridgehead atoms. The topological polar surface area (TPSA) is 82.3 Å². The van der Waals surface area contributed by atoms with Crippen LogP contribution in [0.25, 0.3) is 0 Å². The van der Waals surface area contributed by atoms with Gasteiger partial charge in [-0.25, -0.2) is 4.39 Å². The predicted octanol–water partition coefficient (Wildman–Crippen LogP) is 2.52. The molecule has 0 atom stereocenters. The number of hydrogen-bond acceptors (Lipinski definition) is 4. The molecule has 0 saturated carbocycles. The largest absolute Gasteiger partial charge is 0.329 e. The number of anilines is 2. The predicted molar refractivity (Wildman–Crippen MR) is 106 cm³/mol. The van der Waals surface area contributed by atoms with Crippen molar-refractivity contribution in [3.63, 3.8) is 0 Å². The number of carbonyl (C=O) groups excluding carboxylic acids is 2. The maximum atomic E-state index is 13.5. The van der Waals surface area contributed by atoms with Gasteiger partial charge in [-0.05, 0) is 36.5 Å². The number of hydrogen-bond donors (Lipinski definition) is 4. The fourth-order valence-corrected chi connectivity index (χ4v) is 2.61. The lowest BCUT2D eigenvalue weighted by atomic mass is 10.3. The summed E-state index contributed by atoms with van der Waals surface area (Å²) in [6, 6.07) is 15.1. The van der Waals surface area contributed by atoms with E-state index in [2.05, 4.69) is 21.5 Å². The monoisotopic (exact) mass is 392 g/mol. The normalized spacial score (nSPS) is 9.88. The number of rotatable bonds is 6. The van der Waals surface area contributed by atoms with Crippen molar-refractivity contribution in [1.82, 2.24) is 10.9 Å². The molecule has 0 radical (unpaired) electrons. The second kappa shape index (κ2) is 10.4. The van der Waals surface area contributed by atoms with Gasteiger partial charge in [-0.1, -0.05) is 30.3 Å². The Morgan fingerprint density at radius 3 is 2.27 bits per heavy atom. The fraction of sp³-hybridized carbons (Fsp3) is 0.118. The third-order valence-corrected chi connectivity index (χ3v) is 4.10. The number of amides is 2. The van der Waals surface area contributed by atoms with Crippen LogP contribution in [0.4, 0.5) is 15.8 Å². The SMILES string of the molecule is O=C(CSCC(=O)Nc1ccccc1)NNC(=S)Nc1ccccc1F. The zero-order valence-corrected chi connectivity index (χ0v) is 15.3. The smallest absolute Gasteiger partial charge is 0.248 e. The summed E-state index contributed by atoms with van der Waals surface area (Å²) in [6.45, 7) is 0. The summed E-state index contributed by atoms with van der Waals surface area (Å²) < 4.78 is 13.5. The quantitative estimate of drug-likeness (QED) is 0.447. The highest BCUT2D eigenvalue weighted by Gasteiger charge is 2.07. The van der Waals surface area contributed by atoms with Crippen molar-refractivity contribution in [3.05, 3.63) is 60.4 Å². The molecule has 0 saturated heterocycles. The molecular weight excluding hydrogens is 375 g/mol. The van der Waals surface area contributed by atoms with E-state index in [0.717, 1.165) is 11.8 Å². The molecule has 2 aromatic carbocycles. The van der Waals surface area contributed by atoms with E-state index in [0.29, 0.717) is 5.69 Å². The van der Waals surface area contributed by atoms with E-state index in [1.165, 1.54) is 12.1 Å². The summed E-state index contributed by atoms with van der Waals surface area (Å²) in [7, 11) is 0. The summed E-state index contributed by atoms with van der Waals surface area (Å²) in [4.78, 5) is 23.5. The van der Waals surface area contributed by atoms with E-state index in [4.69, 9.17) is 12.2 Å². The third-order valence-electron chi connectivity index (χ3n) is 2.96. The van der Waals surface area contributed by atoms with Crippen molar-refractivity contribution < 1.29 is 14.0 Å². The average molecular weight is 392 g/mol. The van der Waals surface area contributed by atoms with E-state index in [9.17, 15) is 14.0 Å². The number of benzene rings is 2. The fourth-order valence-electron chi connectivity index (χ4n) is 1.83. The van der Waals surface area contributed by atoms with Crippen LogP contribution in [-0.2, 0) is 9.59 Å². The van der Waals surface area contributed by atoms with Crippen molar-refractivity contribution in [2.45, 2.75) is 0 Å². The Morgan fingerprint density at radius 1 is 0.885 bits per heavy atom. The Hall–Kier alpha value is -2.65. The van der Waals surface area contributed by atoms with E-state index >= 15 is 0 Å². The Balaban J connectivity index is 1.62. The molecule has 6 nitrogen and oxygen atoms in total. The Morgan fingerprint density at radius 2 is 1.54 bits per heavy atom. The molecule has 0 aliphatic rings. The second-order valence-corrected chi connectivity index (χ2v) is 6.41. The van der Waals surface area contributed by atoms with E-state index in [-0.39, 0.29) is 34.1 Å². The average Bonchev–Trinajstić information content (AvgIpc) is 2.63. The molecule has 0 aliphatic heterocycles. The van der Waals surface area contributed by atoms with Gasteiger partial charge in [-0.3, -0.25) is 20.4 Å². The first-order valence-corrected chi connectivity index (χ1v) is 9.14. The molecule has 26 heavy (non-hydrogen) atoms. The number of carbonyl (C=O) groups is 2. The molecule has 0 unspecified atom stereocenters. The first kappa shape index (κ1) is 19.7. The van der Waals surface area contributed by atoms with Crippen LogP contribution < -0.4 is 21.5 Å². The summed E-state index contributed by atoms with van der Waals surface area (Å²) in [5.74, 6) is -0.806. The molecule has 9 heteroatoms. The lowest BCUT2D eigenvalue weighted by molar-refractivity contribution is -0.119. The van der Waals surface area contributed by atoms with Gasteiger partial charge < -0.3 is 10.6 Å². The number of para-hydroxylation sites is 2. The lowest BCUT2D eigenvalue weighted by Gasteiger charge is -2.12. The van der Waals surface area contributed by atoms with Crippen LogP contribution in [0.3, 0.4) is 0 Å². The van der Waals surface area contributed by atoms with Crippen LogP contribution in [0.2, 0.25) is 0 Å². The van der Waals surface area contributed by atoms with E-state index in [1.54, 1.807) is 24.3 Å². The Bertz CT molecular complexity index is 774. The molecule has 0 spiro atoms. The van der Waals surface area contributed by atoms with Crippen molar-refractivity contribution >= 4 is 52.3 Å². The molecule has 4 N–H and O–H groups in total. The standard InChI is InChI=1S/C17H17FN4O2S2/c18-13-8-4-5-9-14(13)20-17(25)22-21-16(24)11-26-10-15(23)19-12-6-2-1-3-7-12/h1-9H,10-11H2,(H,19,23)(H,21,24)(H2,20,22,25). The minimum absolute atomic E-state index is 0.0512. The molecule has 2 amide bonds. The number of thioether (sulfide) groups is 1. The van der Waals surface area contributed by atoms with Crippen molar-refractivity contribution in [2.24, 2.45) is 0 Å². The Labute approximate surface area is 159 Å². The van der Waals surface area contributed by atoms with Crippen molar-refractivity contribution in [3.8, 4) is 0 Å². The van der Waals surface area contributed by atoms with Gasteiger partial charge in [-0.15, -0.1) is 11.8 Å². The lowest BCUT2D eigenvalue weighted by Crippen LogP contribution is -2.44. The van der Waals surface area contributed by atoms with Crippen LogP contribution >= 0.6 is 24.0 Å². The summed E-state index contributed by atoms with van der Waals surface area (Å²) in [5, 5.41) is 5.40. The van der Waals surface area contributed by atoms with E-state index in [1.807, 2.05) is 18.2 Å². The molecular formula is C17H17FN4O2S2. The van der Waals surface area contributed by atoms with Gasteiger partial charge in [0.25, 0.3) is 0 Å². The van der Waals surface area contributed by atoms with Crippen molar-refractivity contribution in [2.75, 3.05) is 22.1 Å². The molecule has 0 aliphatic carbocycles. The minimum atomic E-state index is -0.456. The number of halogens is 1. The molecule has 2 aromatic rings. The van der Waals surface area contributed by atoms with Crippen LogP contribution in [0, 0.1) is 5.82 Å². The highest BCUT2D eigenvalue weighted by Crippen LogP contribution is 2.11. The van der Waals surface area contributed by atoms with Crippen LogP contribution in [0.5, 0.6) is 0 Å². The molecule has 136 valence electrons. The van der Waals surface area contributed by atoms with Crippen LogP contribution in [0.1, 0.15) is 0 Å². The second-order valence-electron chi connectivity index (χ2n) is 5.01. The maximum absolute atomic E-state index is 13.5. The molecule has 0 aromatic heterocycles.